The number of nitrogens with zero attached hydrogens (tertiary/aromatic N) is 2. The Morgan fingerprint density at radius 2 is 2.08 bits per heavy atom. The van der Waals surface area contributed by atoms with Gasteiger partial charge in [-0.1, -0.05) is 23.7 Å². The van der Waals surface area contributed by atoms with Gasteiger partial charge in [-0.25, -0.2) is 0 Å². The van der Waals surface area contributed by atoms with Crippen LogP contribution < -0.4 is 10.1 Å². The fraction of sp³-hybridized carbons (Fsp3) is 0.111. The van der Waals surface area contributed by atoms with Gasteiger partial charge in [-0.3, -0.25) is 14.9 Å². The number of nitriles is 1. The number of benzene rings is 2. The van der Waals surface area contributed by atoms with Crippen LogP contribution in [0.4, 0.5) is 11.4 Å². The second-order valence-electron chi connectivity index (χ2n) is 5.27. The monoisotopic (exact) mass is 371 g/mol. The van der Waals surface area contributed by atoms with Crippen molar-refractivity contribution in [1.82, 2.24) is 0 Å². The summed E-state index contributed by atoms with van der Waals surface area (Å²) in [6.07, 6.45) is 1.37. The Bertz CT molecular complexity index is 948. The van der Waals surface area contributed by atoms with E-state index in [9.17, 15) is 20.2 Å². The summed E-state index contributed by atoms with van der Waals surface area (Å²) in [4.78, 5) is 22.7. The summed E-state index contributed by atoms with van der Waals surface area (Å²) >= 11 is 6.03. The molecule has 7 nitrogen and oxygen atoms in total. The first-order valence-corrected chi connectivity index (χ1v) is 7.75. The van der Waals surface area contributed by atoms with Crippen molar-refractivity contribution < 1.29 is 14.5 Å². The van der Waals surface area contributed by atoms with E-state index in [2.05, 4.69) is 5.32 Å². The summed E-state index contributed by atoms with van der Waals surface area (Å²) in [5, 5.41) is 23.0. The van der Waals surface area contributed by atoms with Gasteiger partial charge in [0.1, 0.15) is 17.4 Å². The second-order valence-corrected chi connectivity index (χ2v) is 5.68. The van der Waals surface area contributed by atoms with E-state index in [1.165, 1.54) is 31.4 Å². The molecule has 2 rings (SSSR count). The smallest absolute Gasteiger partial charge is 0.271 e. The van der Waals surface area contributed by atoms with E-state index in [1.807, 2.05) is 6.07 Å². The second kappa shape index (κ2) is 8.14. The molecular formula is C18H14ClN3O4. The number of carbonyl (C=O) groups is 1. The van der Waals surface area contributed by atoms with Crippen molar-refractivity contribution in [3.63, 3.8) is 0 Å². The number of rotatable bonds is 5. The molecule has 8 heteroatoms. The highest BCUT2D eigenvalue weighted by molar-refractivity contribution is 6.32. The molecule has 0 aliphatic heterocycles. The Kier molecular flexibility index (Phi) is 5.94. The number of aryl methyl sites for hydroxylation is 1. The minimum absolute atomic E-state index is 0.157. The molecule has 0 saturated carbocycles. The van der Waals surface area contributed by atoms with Crippen LogP contribution in [0.5, 0.6) is 5.75 Å². The number of nitrogens with one attached hydrogen (secondary N) is 1. The van der Waals surface area contributed by atoms with Crippen molar-refractivity contribution in [2.24, 2.45) is 0 Å². The zero-order valence-corrected chi connectivity index (χ0v) is 14.7. The predicted molar refractivity (Wildman–Crippen MR) is 98.1 cm³/mol. The van der Waals surface area contributed by atoms with Crippen LogP contribution in [0, 0.1) is 28.4 Å². The summed E-state index contributed by atoms with van der Waals surface area (Å²) in [6.45, 7) is 1.69. The van der Waals surface area contributed by atoms with Crippen molar-refractivity contribution in [3.05, 3.63) is 68.2 Å². The number of methoxy groups -OCH3 is 1. The van der Waals surface area contributed by atoms with Gasteiger partial charge < -0.3 is 10.1 Å². The number of anilines is 1. The van der Waals surface area contributed by atoms with E-state index in [0.717, 1.165) is 0 Å². The van der Waals surface area contributed by atoms with E-state index < -0.39 is 10.8 Å². The molecule has 2 aromatic rings. The van der Waals surface area contributed by atoms with E-state index in [4.69, 9.17) is 16.3 Å². The van der Waals surface area contributed by atoms with Crippen LogP contribution in [0.2, 0.25) is 5.02 Å². The van der Waals surface area contributed by atoms with Crippen LogP contribution in [-0.2, 0) is 4.79 Å². The summed E-state index contributed by atoms with van der Waals surface area (Å²) in [7, 11) is 1.48. The van der Waals surface area contributed by atoms with Crippen LogP contribution in [0.3, 0.4) is 0 Å². The van der Waals surface area contributed by atoms with Gasteiger partial charge in [0.2, 0.25) is 0 Å². The number of ether oxygens (including phenoxy) is 1. The molecule has 0 radical (unpaired) electrons. The third-order valence-corrected chi connectivity index (χ3v) is 3.83. The number of nitro groups is 1. The topological polar surface area (TPSA) is 105 Å². The summed E-state index contributed by atoms with van der Waals surface area (Å²) < 4.78 is 5.05. The molecule has 132 valence electrons. The van der Waals surface area contributed by atoms with Gasteiger partial charge >= 0.3 is 0 Å². The van der Waals surface area contributed by atoms with Gasteiger partial charge in [-0.15, -0.1) is 0 Å². The summed E-state index contributed by atoms with van der Waals surface area (Å²) in [5.74, 6) is -0.206. The van der Waals surface area contributed by atoms with Crippen molar-refractivity contribution in [3.8, 4) is 11.8 Å². The molecule has 0 unspecified atom stereocenters. The quantitative estimate of drug-likeness (QED) is 0.368. The molecular weight excluding hydrogens is 358 g/mol. The highest BCUT2D eigenvalue weighted by Gasteiger charge is 2.14. The fourth-order valence-corrected chi connectivity index (χ4v) is 2.40. The summed E-state index contributed by atoms with van der Waals surface area (Å²) in [6, 6.07) is 10.7. The highest BCUT2D eigenvalue weighted by atomic mass is 35.5. The highest BCUT2D eigenvalue weighted by Crippen LogP contribution is 2.26. The van der Waals surface area contributed by atoms with Gasteiger partial charge in [0.25, 0.3) is 11.6 Å². The molecule has 0 aromatic heterocycles. The number of non-ortho nitro benzene ring substituents is 1. The van der Waals surface area contributed by atoms with Crippen LogP contribution in [-0.4, -0.2) is 17.9 Å². The molecule has 0 bridgehead atoms. The maximum Gasteiger partial charge on any atom is 0.271 e. The number of nitro benzene ring substituents is 1. The molecule has 0 spiro atoms. The van der Waals surface area contributed by atoms with Crippen LogP contribution in [0.1, 0.15) is 11.1 Å². The van der Waals surface area contributed by atoms with Crippen LogP contribution in [0.15, 0.2) is 42.0 Å². The Hall–Kier alpha value is -3.37. The Labute approximate surface area is 154 Å². The van der Waals surface area contributed by atoms with E-state index >= 15 is 0 Å². The number of hydrogen-bond acceptors (Lipinski definition) is 5. The molecule has 0 aliphatic carbocycles. The number of carbonyl (C=O) groups excluding carboxylic acids is 1. The third kappa shape index (κ3) is 4.37. The lowest BCUT2D eigenvalue weighted by molar-refractivity contribution is -0.384. The van der Waals surface area contributed by atoms with Crippen LogP contribution >= 0.6 is 11.6 Å². The van der Waals surface area contributed by atoms with Gasteiger partial charge in [0, 0.05) is 12.1 Å². The molecule has 0 heterocycles. The number of amides is 1. The molecule has 0 aliphatic rings. The first-order valence-electron chi connectivity index (χ1n) is 7.37. The maximum absolute atomic E-state index is 12.4. The normalized spacial score (nSPS) is 10.8. The minimum Gasteiger partial charge on any atom is -0.495 e. The minimum atomic E-state index is -0.678. The van der Waals surface area contributed by atoms with Crippen molar-refractivity contribution in [2.75, 3.05) is 12.4 Å². The average Bonchev–Trinajstić information content (AvgIpc) is 2.61. The lowest BCUT2D eigenvalue weighted by atomic mass is 10.1. The fourth-order valence-electron chi connectivity index (χ4n) is 2.14. The van der Waals surface area contributed by atoms with Gasteiger partial charge in [0.15, 0.2) is 0 Å². The van der Waals surface area contributed by atoms with Gasteiger partial charge in [-0.05, 0) is 36.3 Å². The zero-order valence-electron chi connectivity index (χ0n) is 13.9. The largest absolute Gasteiger partial charge is 0.495 e. The van der Waals surface area contributed by atoms with E-state index in [-0.39, 0.29) is 16.9 Å². The Morgan fingerprint density at radius 3 is 2.65 bits per heavy atom. The maximum atomic E-state index is 12.4. The zero-order chi connectivity index (χ0) is 19.3. The predicted octanol–water partition coefficient (Wildman–Crippen LogP) is 4.11. The average molecular weight is 372 g/mol. The lowest BCUT2D eigenvalue weighted by Gasteiger charge is -2.08. The molecule has 26 heavy (non-hydrogen) atoms. The molecule has 2 aromatic carbocycles. The Morgan fingerprint density at radius 1 is 1.35 bits per heavy atom. The third-order valence-electron chi connectivity index (χ3n) is 3.53. The van der Waals surface area contributed by atoms with Crippen molar-refractivity contribution >= 4 is 35.0 Å². The van der Waals surface area contributed by atoms with Crippen LogP contribution in [0.25, 0.3) is 6.08 Å². The first-order chi connectivity index (χ1) is 12.3. The summed E-state index contributed by atoms with van der Waals surface area (Å²) in [5.41, 5.74) is 1.11. The van der Waals surface area contributed by atoms with Crippen molar-refractivity contribution in [1.29, 1.82) is 5.26 Å². The SMILES string of the molecule is COc1ccc(/C=C(\C#N)C(=O)Nc2cc([N+](=O)[O-])ccc2C)cc1Cl. The number of hydrogen-bond donors (Lipinski definition) is 1. The molecule has 1 amide bonds. The standard InChI is InChI=1S/C18H14ClN3O4/c1-11-3-5-14(22(24)25)9-16(11)21-18(23)13(10-20)7-12-4-6-17(26-2)15(19)8-12/h3-9H,1-2H3,(H,21,23)/b13-7+. The molecule has 0 saturated heterocycles. The Balaban J connectivity index is 2.30. The van der Waals surface area contributed by atoms with Crippen molar-refractivity contribution in [2.45, 2.75) is 6.92 Å². The van der Waals surface area contributed by atoms with E-state index in [1.54, 1.807) is 25.1 Å². The van der Waals surface area contributed by atoms with Gasteiger partial charge in [-0.2, -0.15) is 5.26 Å². The first kappa shape index (κ1) is 19.0. The molecule has 1 N–H and O–H groups in total. The van der Waals surface area contributed by atoms with Gasteiger partial charge in [0.05, 0.1) is 22.7 Å². The molecule has 0 fully saturated rings. The van der Waals surface area contributed by atoms with E-state index in [0.29, 0.717) is 21.9 Å². The molecule has 0 atom stereocenters. The number of halogens is 1. The lowest BCUT2D eigenvalue weighted by Crippen LogP contribution is -2.14.